The normalized spacial score (nSPS) is 18.8. The van der Waals surface area contributed by atoms with Crippen molar-refractivity contribution in [3.8, 4) is 6.07 Å². The van der Waals surface area contributed by atoms with Crippen LogP contribution in [0.1, 0.15) is 19.3 Å². The highest BCUT2D eigenvalue weighted by molar-refractivity contribution is 6.24. The first-order valence-corrected chi connectivity index (χ1v) is 11.9. The number of para-hydroxylation sites is 2. The van der Waals surface area contributed by atoms with Gasteiger partial charge in [-0.25, -0.2) is 0 Å². The summed E-state index contributed by atoms with van der Waals surface area (Å²) >= 11 is 0. The number of benzene rings is 3. The number of fused-ring (bicyclic) bond motifs is 7. The summed E-state index contributed by atoms with van der Waals surface area (Å²) in [5.41, 5.74) is 7.73. The zero-order valence-corrected chi connectivity index (χ0v) is 18.7. The predicted octanol–water partition coefficient (Wildman–Crippen LogP) is 7.07. The Morgan fingerprint density at radius 1 is 0.882 bits per heavy atom. The van der Waals surface area contributed by atoms with Gasteiger partial charge in [0.15, 0.2) is 0 Å². The van der Waals surface area contributed by atoms with E-state index in [0.717, 1.165) is 69.8 Å². The van der Waals surface area contributed by atoms with Crippen LogP contribution in [0.2, 0.25) is 0 Å². The summed E-state index contributed by atoms with van der Waals surface area (Å²) in [4.78, 5) is 0. The van der Waals surface area contributed by atoms with E-state index in [1.54, 1.807) is 0 Å². The quantitative estimate of drug-likeness (QED) is 0.319. The lowest BCUT2D eigenvalue weighted by Crippen LogP contribution is -2.34. The van der Waals surface area contributed by atoms with E-state index in [0.29, 0.717) is 0 Å². The number of hydrogen-bond donors (Lipinski definition) is 1. The standard InChI is InChI=1S/C30H23N3O/c31-18-25-21(11-6-16-32-25)19-7-5-8-20(17-19)33-26-12-3-1-10-24(26)29-27(33)15-14-23-22-9-2-4-13-28(22)34-30(23)29/h1-4,7,9-15,17,25,32H,5-6,8,16H2. The Morgan fingerprint density at radius 2 is 1.74 bits per heavy atom. The van der Waals surface area contributed by atoms with Crippen molar-refractivity contribution < 1.29 is 4.42 Å². The monoisotopic (exact) mass is 441 g/mol. The van der Waals surface area contributed by atoms with Crippen LogP contribution in [0, 0.1) is 11.3 Å². The zero-order valence-electron chi connectivity index (χ0n) is 18.7. The Labute approximate surface area is 197 Å². The van der Waals surface area contributed by atoms with Crippen LogP contribution >= 0.6 is 0 Å². The van der Waals surface area contributed by atoms with Gasteiger partial charge in [-0.15, -0.1) is 0 Å². The molecule has 2 aromatic heterocycles. The number of rotatable bonds is 2. The molecule has 1 unspecified atom stereocenters. The summed E-state index contributed by atoms with van der Waals surface area (Å²) < 4.78 is 8.81. The van der Waals surface area contributed by atoms with E-state index >= 15 is 0 Å². The summed E-state index contributed by atoms with van der Waals surface area (Å²) in [6.45, 7) is 0.853. The molecular weight excluding hydrogens is 418 g/mol. The lowest BCUT2D eigenvalue weighted by atomic mass is 9.90. The molecule has 1 aliphatic carbocycles. The smallest absolute Gasteiger partial charge is 0.145 e. The van der Waals surface area contributed by atoms with E-state index < -0.39 is 0 Å². The summed E-state index contributed by atoms with van der Waals surface area (Å²) in [6.07, 6.45) is 9.64. The molecule has 1 N–H and O–H groups in total. The van der Waals surface area contributed by atoms with Gasteiger partial charge in [0.1, 0.15) is 17.2 Å². The first kappa shape index (κ1) is 19.4. The van der Waals surface area contributed by atoms with Crippen LogP contribution in [0.15, 0.2) is 94.5 Å². The van der Waals surface area contributed by atoms with Gasteiger partial charge >= 0.3 is 0 Å². The summed E-state index contributed by atoms with van der Waals surface area (Å²) in [5.74, 6) is 0. The van der Waals surface area contributed by atoms with Crippen molar-refractivity contribution in [3.63, 3.8) is 0 Å². The van der Waals surface area contributed by atoms with Crippen molar-refractivity contribution >= 4 is 49.4 Å². The van der Waals surface area contributed by atoms with Crippen molar-refractivity contribution in [2.24, 2.45) is 0 Å². The SMILES string of the molecule is N#CC1NCCC=C1C1=CCCC(n2c3ccccc3c3c4oc5ccccc5c4ccc32)=C1. The summed E-state index contributed by atoms with van der Waals surface area (Å²) in [6, 6.07) is 23.5. The first-order chi connectivity index (χ1) is 16.8. The van der Waals surface area contributed by atoms with Gasteiger partial charge in [-0.3, -0.25) is 5.32 Å². The molecule has 0 saturated carbocycles. The minimum absolute atomic E-state index is 0.246. The van der Waals surface area contributed by atoms with Gasteiger partial charge in [0.25, 0.3) is 0 Å². The van der Waals surface area contributed by atoms with Crippen LogP contribution in [0.4, 0.5) is 0 Å². The molecule has 7 rings (SSSR count). The fourth-order valence-corrected chi connectivity index (χ4v) is 5.69. The maximum absolute atomic E-state index is 9.67. The van der Waals surface area contributed by atoms with Crippen LogP contribution < -0.4 is 5.32 Å². The van der Waals surface area contributed by atoms with Gasteiger partial charge in [-0.2, -0.15) is 5.26 Å². The van der Waals surface area contributed by atoms with Gasteiger partial charge in [0.05, 0.1) is 22.5 Å². The van der Waals surface area contributed by atoms with Crippen LogP contribution in [-0.2, 0) is 0 Å². The molecule has 34 heavy (non-hydrogen) atoms. The molecule has 5 aromatic rings. The maximum atomic E-state index is 9.67. The molecule has 164 valence electrons. The lowest BCUT2D eigenvalue weighted by Gasteiger charge is -2.24. The topological polar surface area (TPSA) is 53.9 Å². The second kappa shape index (κ2) is 7.48. The van der Waals surface area contributed by atoms with Crippen LogP contribution in [0.3, 0.4) is 0 Å². The number of nitrogens with one attached hydrogen (secondary N) is 1. The molecule has 3 heterocycles. The van der Waals surface area contributed by atoms with Crippen molar-refractivity contribution in [1.29, 1.82) is 5.26 Å². The third-order valence-corrected chi connectivity index (χ3v) is 7.18. The largest absolute Gasteiger partial charge is 0.455 e. The average Bonchev–Trinajstić information content (AvgIpc) is 3.44. The van der Waals surface area contributed by atoms with Crippen molar-refractivity contribution in [2.75, 3.05) is 6.54 Å². The minimum atomic E-state index is -0.246. The van der Waals surface area contributed by atoms with Gasteiger partial charge in [0, 0.05) is 28.4 Å². The molecule has 0 fully saturated rings. The molecule has 0 bridgehead atoms. The molecule has 1 aliphatic heterocycles. The summed E-state index contributed by atoms with van der Waals surface area (Å²) in [5, 5.41) is 17.7. The highest BCUT2D eigenvalue weighted by Gasteiger charge is 2.23. The van der Waals surface area contributed by atoms with E-state index in [9.17, 15) is 5.26 Å². The van der Waals surface area contributed by atoms with Crippen LogP contribution in [0.25, 0.3) is 49.4 Å². The van der Waals surface area contributed by atoms with Crippen LogP contribution in [-0.4, -0.2) is 17.2 Å². The number of aromatic nitrogens is 1. The van der Waals surface area contributed by atoms with Crippen molar-refractivity contribution in [2.45, 2.75) is 25.3 Å². The van der Waals surface area contributed by atoms with E-state index in [-0.39, 0.29) is 6.04 Å². The molecule has 0 saturated heterocycles. The molecule has 0 amide bonds. The Hall–Kier alpha value is -4.07. The fraction of sp³-hybridized carbons (Fsp3) is 0.167. The number of hydrogen-bond acceptors (Lipinski definition) is 3. The maximum Gasteiger partial charge on any atom is 0.145 e. The van der Waals surface area contributed by atoms with E-state index in [1.807, 2.05) is 12.1 Å². The van der Waals surface area contributed by atoms with Crippen LogP contribution in [0.5, 0.6) is 0 Å². The van der Waals surface area contributed by atoms with E-state index in [1.165, 1.54) is 16.6 Å². The van der Waals surface area contributed by atoms with Gasteiger partial charge in [-0.05, 0) is 60.8 Å². The summed E-state index contributed by atoms with van der Waals surface area (Å²) in [7, 11) is 0. The number of allylic oxidation sites excluding steroid dienone is 3. The molecule has 1 atom stereocenters. The Kier molecular flexibility index (Phi) is 4.27. The molecule has 0 radical (unpaired) electrons. The van der Waals surface area contributed by atoms with Crippen molar-refractivity contribution in [3.05, 3.63) is 90.0 Å². The number of nitriles is 1. The second-order valence-corrected chi connectivity index (χ2v) is 9.09. The average molecular weight is 442 g/mol. The Morgan fingerprint density at radius 3 is 2.65 bits per heavy atom. The molecule has 2 aliphatic rings. The van der Waals surface area contributed by atoms with E-state index in [2.05, 4.69) is 82.7 Å². The third-order valence-electron chi connectivity index (χ3n) is 7.18. The van der Waals surface area contributed by atoms with E-state index in [4.69, 9.17) is 4.42 Å². The highest BCUT2D eigenvalue weighted by Crippen LogP contribution is 2.41. The Balaban J connectivity index is 1.50. The third kappa shape index (κ3) is 2.74. The number of furan rings is 1. The first-order valence-electron chi connectivity index (χ1n) is 11.9. The minimum Gasteiger partial charge on any atom is -0.455 e. The Bertz CT molecular complexity index is 1750. The second-order valence-electron chi connectivity index (χ2n) is 9.09. The number of nitrogens with zero attached hydrogens (tertiary/aromatic N) is 2. The fourth-order valence-electron chi connectivity index (χ4n) is 5.69. The molecule has 4 heteroatoms. The molecular formula is C30H23N3O. The predicted molar refractivity (Wildman–Crippen MR) is 138 cm³/mol. The van der Waals surface area contributed by atoms with Gasteiger partial charge in [0.2, 0.25) is 0 Å². The van der Waals surface area contributed by atoms with Crippen molar-refractivity contribution in [1.82, 2.24) is 9.88 Å². The zero-order chi connectivity index (χ0) is 22.6. The highest BCUT2D eigenvalue weighted by atomic mass is 16.3. The van der Waals surface area contributed by atoms with Gasteiger partial charge < -0.3 is 8.98 Å². The molecule has 0 spiro atoms. The van der Waals surface area contributed by atoms with Gasteiger partial charge in [-0.1, -0.05) is 48.6 Å². The lowest BCUT2D eigenvalue weighted by molar-refractivity contribution is 0.636. The molecule has 3 aromatic carbocycles. The molecule has 4 nitrogen and oxygen atoms in total.